The predicted molar refractivity (Wildman–Crippen MR) is 77.2 cm³/mol. The van der Waals surface area contributed by atoms with Crippen molar-refractivity contribution in [1.29, 1.82) is 0 Å². The zero-order valence-electron chi connectivity index (χ0n) is 11.5. The van der Waals surface area contributed by atoms with Gasteiger partial charge in [-0.1, -0.05) is 13.8 Å². The van der Waals surface area contributed by atoms with Crippen molar-refractivity contribution in [2.75, 3.05) is 6.54 Å². The maximum atomic E-state index is 4.47. The lowest BCUT2D eigenvalue weighted by molar-refractivity contribution is 0.495. The van der Waals surface area contributed by atoms with Crippen molar-refractivity contribution >= 4 is 11.7 Å². The van der Waals surface area contributed by atoms with Gasteiger partial charge in [-0.2, -0.15) is 8.75 Å². The third-order valence-electron chi connectivity index (χ3n) is 3.03. The van der Waals surface area contributed by atoms with Crippen LogP contribution in [0.15, 0.2) is 18.6 Å². The van der Waals surface area contributed by atoms with Crippen LogP contribution in [-0.2, 0) is 13.0 Å². The molecule has 0 saturated heterocycles. The first-order chi connectivity index (χ1) is 9.35. The number of hydrogen-bond donors (Lipinski definition) is 1. The molecule has 0 amide bonds. The summed E-state index contributed by atoms with van der Waals surface area (Å²) in [5.41, 5.74) is 1.02. The van der Waals surface area contributed by atoms with Gasteiger partial charge in [0.2, 0.25) is 0 Å². The van der Waals surface area contributed by atoms with Crippen molar-refractivity contribution in [2.45, 2.75) is 45.7 Å². The number of hydrogen-bond acceptors (Lipinski definition) is 5. The Labute approximate surface area is 118 Å². The summed E-state index contributed by atoms with van der Waals surface area (Å²) in [4.78, 5) is 4.47. The molecule has 0 bridgehead atoms. The Morgan fingerprint density at radius 2 is 2.26 bits per heavy atom. The first-order valence-electron chi connectivity index (χ1n) is 6.86. The lowest BCUT2D eigenvalue weighted by Crippen LogP contribution is -2.25. The van der Waals surface area contributed by atoms with E-state index in [1.165, 1.54) is 11.7 Å². The lowest BCUT2D eigenvalue weighted by Gasteiger charge is -2.16. The third-order valence-corrected chi connectivity index (χ3v) is 3.52. The number of aryl methyl sites for hydroxylation is 1. The normalized spacial score (nSPS) is 12.7. The van der Waals surface area contributed by atoms with Crippen LogP contribution >= 0.6 is 11.7 Å². The van der Waals surface area contributed by atoms with Crippen molar-refractivity contribution < 1.29 is 0 Å². The molecular formula is C13H21N5S. The minimum absolute atomic E-state index is 0.205. The summed E-state index contributed by atoms with van der Waals surface area (Å²) >= 11 is 1.26. The molecule has 5 nitrogen and oxygen atoms in total. The highest BCUT2D eigenvalue weighted by Crippen LogP contribution is 2.16. The van der Waals surface area contributed by atoms with Crippen molar-refractivity contribution in [3.63, 3.8) is 0 Å². The number of aromatic nitrogens is 4. The fourth-order valence-electron chi connectivity index (χ4n) is 2.08. The van der Waals surface area contributed by atoms with E-state index < -0.39 is 0 Å². The maximum Gasteiger partial charge on any atom is 0.110 e. The molecule has 1 atom stereocenters. The maximum absolute atomic E-state index is 4.47. The van der Waals surface area contributed by atoms with Gasteiger partial charge in [-0.05, 0) is 19.4 Å². The molecule has 2 aromatic rings. The molecule has 6 heteroatoms. The molecule has 104 valence electrons. The molecule has 0 aliphatic heterocycles. The summed E-state index contributed by atoms with van der Waals surface area (Å²) in [7, 11) is 0. The van der Waals surface area contributed by atoms with E-state index in [-0.39, 0.29) is 6.04 Å². The van der Waals surface area contributed by atoms with E-state index in [1.54, 1.807) is 0 Å². The monoisotopic (exact) mass is 279 g/mol. The summed E-state index contributed by atoms with van der Waals surface area (Å²) in [5, 5.41) is 3.53. The Bertz CT molecular complexity index is 465. The molecule has 0 spiro atoms. The van der Waals surface area contributed by atoms with Crippen LogP contribution in [0.1, 0.15) is 44.2 Å². The first kappa shape index (κ1) is 14.1. The van der Waals surface area contributed by atoms with E-state index in [0.717, 1.165) is 43.9 Å². The quantitative estimate of drug-likeness (QED) is 0.806. The Hall–Kier alpha value is -1.27. The minimum atomic E-state index is 0.205. The largest absolute Gasteiger partial charge is 0.335 e. The van der Waals surface area contributed by atoms with Crippen LogP contribution in [0.5, 0.6) is 0 Å². The van der Waals surface area contributed by atoms with E-state index in [1.807, 2.05) is 12.4 Å². The van der Waals surface area contributed by atoms with Crippen molar-refractivity contribution in [1.82, 2.24) is 23.6 Å². The molecule has 1 unspecified atom stereocenters. The number of rotatable bonds is 8. The second kappa shape index (κ2) is 7.35. The molecular weight excluding hydrogens is 258 g/mol. The molecule has 0 saturated carbocycles. The summed E-state index contributed by atoms with van der Waals surface area (Å²) in [6.45, 7) is 6.35. The van der Waals surface area contributed by atoms with Crippen LogP contribution in [0.2, 0.25) is 0 Å². The van der Waals surface area contributed by atoms with Crippen molar-refractivity contribution in [3.05, 3.63) is 30.1 Å². The zero-order valence-corrected chi connectivity index (χ0v) is 12.4. The second-order valence-corrected chi connectivity index (χ2v) is 5.14. The standard InChI is InChI=1S/C13H21N5S/c1-3-5-14-11(12-10-16-19-17-12)9-13-15-6-8-18(13)7-4-2/h6,8,10-11,14H,3-5,7,9H2,1-2H3. The van der Waals surface area contributed by atoms with E-state index in [4.69, 9.17) is 0 Å². The molecule has 2 rings (SSSR count). The Morgan fingerprint density at radius 1 is 1.37 bits per heavy atom. The van der Waals surface area contributed by atoms with Gasteiger partial charge in [-0.3, -0.25) is 0 Å². The molecule has 0 aromatic carbocycles. The minimum Gasteiger partial charge on any atom is -0.335 e. The van der Waals surface area contributed by atoms with E-state index in [0.29, 0.717) is 0 Å². The fraction of sp³-hybridized carbons (Fsp3) is 0.615. The zero-order chi connectivity index (χ0) is 13.5. The number of nitrogens with zero attached hydrogens (tertiary/aromatic N) is 4. The average molecular weight is 279 g/mol. The third kappa shape index (κ3) is 3.84. The predicted octanol–water partition coefficient (Wildman–Crippen LogP) is 2.43. The van der Waals surface area contributed by atoms with Crippen LogP contribution in [0.25, 0.3) is 0 Å². The highest BCUT2D eigenvalue weighted by atomic mass is 32.1. The van der Waals surface area contributed by atoms with E-state index >= 15 is 0 Å². The first-order valence-corrected chi connectivity index (χ1v) is 7.59. The fourth-order valence-corrected chi connectivity index (χ4v) is 2.55. The van der Waals surface area contributed by atoms with Crippen LogP contribution < -0.4 is 5.32 Å². The van der Waals surface area contributed by atoms with Gasteiger partial charge in [0.15, 0.2) is 0 Å². The number of nitrogens with one attached hydrogen (secondary N) is 1. The Morgan fingerprint density at radius 3 is 2.95 bits per heavy atom. The van der Waals surface area contributed by atoms with Crippen LogP contribution in [0.4, 0.5) is 0 Å². The lowest BCUT2D eigenvalue weighted by atomic mass is 10.1. The molecule has 0 fully saturated rings. The molecule has 1 N–H and O–H groups in total. The van der Waals surface area contributed by atoms with Gasteiger partial charge in [-0.15, -0.1) is 0 Å². The molecule has 0 radical (unpaired) electrons. The number of imidazole rings is 1. The van der Waals surface area contributed by atoms with Gasteiger partial charge in [-0.25, -0.2) is 4.98 Å². The highest BCUT2D eigenvalue weighted by molar-refractivity contribution is 6.99. The van der Waals surface area contributed by atoms with Crippen molar-refractivity contribution in [2.24, 2.45) is 0 Å². The molecule has 19 heavy (non-hydrogen) atoms. The molecule has 0 aliphatic rings. The van der Waals surface area contributed by atoms with Crippen LogP contribution in [0, 0.1) is 0 Å². The summed E-state index contributed by atoms with van der Waals surface area (Å²) in [6.07, 6.45) is 8.87. The molecule has 2 heterocycles. The smallest absolute Gasteiger partial charge is 0.110 e. The van der Waals surface area contributed by atoms with Crippen LogP contribution in [0.3, 0.4) is 0 Å². The molecule has 2 aromatic heterocycles. The Kier molecular flexibility index (Phi) is 5.47. The van der Waals surface area contributed by atoms with Crippen molar-refractivity contribution in [3.8, 4) is 0 Å². The topological polar surface area (TPSA) is 55.6 Å². The highest BCUT2D eigenvalue weighted by Gasteiger charge is 2.16. The summed E-state index contributed by atoms with van der Waals surface area (Å²) in [6, 6.07) is 0.205. The second-order valence-electron chi connectivity index (χ2n) is 4.58. The average Bonchev–Trinajstić information content (AvgIpc) is 3.06. The van der Waals surface area contributed by atoms with Gasteiger partial charge in [0.1, 0.15) is 5.82 Å². The Balaban J connectivity index is 2.08. The van der Waals surface area contributed by atoms with Gasteiger partial charge in [0.25, 0.3) is 0 Å². The van der Waals surface area contributed by atoms with Gasteiger partial charge < -0.3 is 9.88 Å². The van der Waals surface area contributed by atoms with E-state index in [2.05, 4.69) is 43.7 Å². The van der Waals surface area contributed by atoms with E-state index in [9.17, 15) is 0 Å². The summed E-state index contributed by atoms with van der Waals surface area (Å²) in [5.74, 6) is 1.11. The van der Waals surface area contributed by atoms with Gasteiger partial charge >= 0.3 is 0 Å². The van der Waals surface area contributed by atoms with Gasteiger partial charge in [0, 0.05) is 25.4 Å². The summed E-state index contributed by atoms with van der Waals surface area (Å²) < 4.78 is 10.7. The van der Waals surface area contributed by atoms with Gasteiger partial charge in [0.05, 0.1) is 29.7 Å². The molecule has 0 aliphatic carbocycles. The van der Waals surface area contributed by atoms with Crippen LogP contribution in [-0.4, -0.2) is 24.8 Å². The SMILES string of the molecule is CCCNC(Cc1nccn1CCC)c1cnsn1.